The minimum Gasteiger partial charge on any atom is -0.481 e. The summed E-state index contributed by atoms with van der Waals surface area (Å²) in [7, 11) is 1.63. The Morgan fingerprint density at radius 3 is 2.52 bits per heavy atom. The molecule has 21 heavy (non-hydrogen) atoms. The van der Waals surface area contributed by atoms with Gasteiger partial charge in [0, 0.05) is 24.9 Å². The third kappa shape index (κ3) is 4.17. The number of aryl methyl sites for hydroxylation is 1. The van der Waals surface area contributed by atoms with Crippen LogP contribution in [0.2, 0.25) is 0 Å². The summed E-state index contributed by atoms with van der Waals surface area (Å²) in [5, 5.41) is 27.4. The first-order chi connectivity index (χ1) is 9.55. The summed E-state index contributed by atoms with van der Waals surface area (Å²) in [5.41, 5.74) is -0.222. The van der Waals surface area contributed by atoms with Gasteiger partial charge in [-0.3, -0.25) is 14.9 Å². The lowest BCUT2D eigenvalue weighted by Crippen LogP contribution is -2.32. The lowest BCUT2D eigenvalue weighted by molar-refractivity contribution is -0.384. The molecule has 0 saturated carbocycles. The Morgan fingerprint density at radius 2 is 2.10 bits per heavy atom. The molecule has 0 spiro atoms. The maximum Gasteiger partial charge on any atom is 0.334 e. The van der Waals surface area contributed by atoms with Crippen LogP contribution < -0.4 is 5.32 Å². The molecule has 0 fully saturated rings. The lowest BCUT2D eigenvalue weighted by atomic mass is 9.98. The van der Waals surface area contributed by atoms with Crippen LogP contribution in [-0.2, 0) is 11.8 Å². The van der Waals surface area contributed by atoms with Crippen molar-refractivity contribution in [3.63, 3.8) is 0 Å². The smallest absolute Gasteiger partial charge is 0.334 e. The second kappa shape index (κ2) is 6.11. The van der Waals surface area contributed by atoms with Crippen molar-refractivity contribution in [2.75, 3.05) is 5.32 Å². The Balaban J connectivity index is 3.13. The second-order valence-electron chi connectivity index (χ2n) is 6.02. The van der Waals surface area contributed by atoms with Crippen molar-refractivity contribution in [1.29, 1.82) is 0 Å². The Bertz CT molecular complexity index is 549. The number of hydrogen-bond acceptors (Lipinski definition) is 5. The summed E-state index contributed by atoms with van der Waals surface area (Å²) in [4.78, 5) is 21.6. The molecule has 8 heteroatoms. The molecule has 1 rings (SSSR count). The van der Waals surface area contributed by atoms with Crippen LogP contribution in [-0.4, -0.2) is 31.3 Å². The Labute approximate surface area is 123 Å². The molecule has 1 aromatic heterocycles. The van der Waals surface area contributed by atoms with E-state index in [0.717, 1.165) is 0 Å². The van der Waals surface area contributed by atoms with Crippen molar-refractivity contribution in [3.8, 4) is 0 Å². The van der Waals surface area contributed by atoms with Gasteiger partial charge in [-0.25, -0.2) is 4.68 Å². The summed E-state index contributed by atoms with van der Waals surface area (Å²) in [5.74, 6) is -0.666. The normalized spacial score (nSPS) is 11.7. The molecule has 8 nitrogen and oxygen atoms in total. The maximum absolute atomic E-state index is 11.3. The van der Waals surface area contributed by atoms with Crippen molar-refractivity contribution in [1.82, 2.24) is 9.78 Å². The van der Waals surface area contributed by atoms with Gasteiger partial charge in [0.1, 0.15) is 5.69 Å². The Kier molecular flexibility index (Phi) is 4.93. The van der Waals surface area contributed by atoms with Gasteiger partial charge in [0.15, 0.2) is 0 Å². The first-order valence-corrected chi connectivity index (χ1v) is 6.76. The minimum atomic E-state index is -0.896. The third-order valence-corrected chi connectivity index (χ3v) is 3.20. The van der Waals surface area contributed by atoms with Crippen molar-refractivity contribution >= 4 is 17.5 Å². The monoisotopic (exact) mass is 298 g/mol. The number of carboxylic acids is 1. The molecule has 0 amide bonds. The standard InChI is InChI=1S/C13H22N4O4/c1-8(2)10-11(17(20)21)12(16(5)15-10)14-13(3,4)7-6-9(18)19/h8,14H,6-7H2,1-5H3,(H,18,19). The fourth-order valence-corrected chi connectivity index (χ4v) is 2.05. The van der Waals surface area contributed by atoms with E-state index in [4.69, 9.17) is 5.11 Å². The largest absolute Gasteiger partial charge is 0.481 e. The molecule has 0 atom stereocenters. The molecule has 0 saturated heterocycles. The SMILES string of the molecule is CC(C)c1nn(C)c(NC(C)(C)CCC(=O)O)c1[N+](=O)[O-]. The fraction of sp³-hybridized carbons (Fsp3) is 0.692. The van der Waals surface area contributed by atoms with Crippen LogP contribution in [0.3, 0.4) is 0 Å². The first kappa shape index (κ1) is 16.9. The topological polar surface area (TPSA) is 110 Å². The van der Waals surface area contributed by atoms with Crippen molar-refractivity contribution in [2.24, 2.45) is 7.05 Å². The van der Waals surface area contributed by atoms with Gasteiger partial charge in [-0.2, -0.15) is 5.10 Å². The van der Waals surface area contributed by atoms with Gasteiger partial charge in [0.05, 0.1) is 4.92 Å². The molecule has 0 unspecified atom stereocenters. The van der Waals surface area contributed by atoms with Crippen molar-refractivity contribution < 1.29 is 14.8 Å². The Morgan fingerprint density at radius 1 is 1.52 bits per heavy atom. The number of carboxylic acid groups (broad SMARTS) is 1. The fourth-order valence-electron chi connectivity index (χ4n) is 2.05. The van der Waals surface area contributed by atoms with Gasteiger partial charge in [-0.05, 0) is 20.3 Å². The molecule has 0 aromatic carbocycles. The summed E-state index contributed by atoms with van der Waals surface area (Å²) in [6.45, 7) is 7.30. The number of carbonyl (C=O) groups is 1. The molecule has 0 aliphatic heterocycles. The maximum atomic E-state index is 11.3. The minimum absolute atomic E-state index is 0.0112. The summed E-state index contributed by atoms with van der Waals surface area (Å²) in [6, 6.07) is 0. The highest BCUT2D eigenvalue weighted by Gasteiger charge is 2.31. The number of rotatable bonds is 7. The van der Waals surface area contributed by atoms with Crippen LogP contribution in [0.4, 0.5) is 11.5 Å². The van der Waals surface area contributed by atoms with E-state index in [1.54, 1.807) is 7.05 Å². The van der Waals surface area contributed by atoms with E-state index in [1.807, 2.05) is 27.7 Å². The molecule has 0 aliphatic carbocycles. The van der Waals surface area contributed by atoms with E-state index in [9.17, 15) is 14.9 Å². The predicted molar refractivity (Wildman–Crippen MR) is 78.5 cm³/mol. The molecular weight excluding hydrogens is 276 g/mol. The average molecular weight is 298 g/mol. The Hall–Kier alpha value is -2.12. The summed E-state index contributed by atoms with van der Waals surface area (Å²) in [6.07, 6.45) is 0.338. The van der Waals surface area contributed by atoms with Crippen LogP contribution in [0, 0.1) is 10.1 Å². The van der Waals surface area contributed by atoms with Crippen molar-refractivity contribution in [3.05, 3.63) is 15.8 Å². The second-order valence-corrected chi connectivity index (χ2v) is 6.02. The van der Waals surface area contributed by atoms with Crippen LogP contribution in [0.25, 0.3) is 0 Å². The van der Waals surface area contributed by atoms with Crippen LogP contribution in [0.5, 0.6) is 0 Å². The average Bonchev–Trinajstić information content (AvgIpc) is 2.64. The number of nitrogens with one attached hydrogen (secondary N) is 1. The van der Waals surface area contributed by atoms with Gasteiger partial charge in [-0.15, -0.1) is 0 Å². The highest BCUT2D eigenvalue weighted by Crippen LogP contribution is 2.34. The molecule has 0 bridgehead atoms. The highest BCUT2D eigenvalue weighted by molar-refractivity contribution is 5.67. The molecule has 2 N–H and O–H groups in total. The molecular formula is C13H22N4O4. The van der Waals surface area contributed by atoms with E-state index in [1.165, 1.54) is 4.68 Å². The van der Waals surface area contributed by atoms with E-state index >= 15 is 0 Å². The van der Waals surface area contributed by atoms with Gasteiger partial charge >= 0.3 is 11.7 Å². The number of nitrogens with zero attached hydrogens (tertiary/aromatic N) is 3. The van der Waals surface area contributed by atoms with Gasteiger partial charge < -0.3 is 10.4 Å². The third-order valence-electron chi connectivity index (χ3n) is 3.20. The molecule has 0 radical (unpaired) electrons. The van der Waals surface area contributed by atoms with Crippen molar-refractivity contribution in [2.45, 2.75) is 52.0 Å². The molecule has 0 aliphatic rings. The van der Waals surface area contributed by atoms with E-state index < -0.39 is 16.4 Å². The number of aromatic nitrogens is 2. The van der Waals surface area contributed by atoms with Gasteiger partial charge in [0.2, 0.25) is 5.82 Å². The van der Waals surface area contributed by atoms with Crippen LogP contribution in [0.1, 0.15) is 52.1 Å². The van der Waals surface area contributed by atoms with E-state index in [0.29, 0.717) is 17.9 Å². The van der Waals surface area contributed by atoms with Crippen LogP contribution in [0.15, 0.2) is 0 Å². The first-order valence-electron chi connectivity index (χ1n) is 6.76. The number of aliphatic carboxylic acids is 1. The number of hydrogen-bond donors (Lipinski definition) is 2. The zero-order valence-electron chi connectivity index (χ0n) is 13.0. The zero-order valence-corrected chi connectivity index (χ0v) is 13.0. The molecule has 1 aromatic rings. The van der Waals surface area contributed by atoms with E-state index in [-0.39, 0.29) is 18.0 Å². The zero-order chi connectivity index (χ0) is 16.4. The van der Waals surface area contributed by atoms with Gasteiger partial charge in [0.25, 0.3) is 0 Å². The highest BCUT2D eigenvalue weighted by atomic mass is 16.6. The molecule has 118 valence electrons. The summed E-state index contributed by atoms with van der Waals surface area (Å²) < 4.78 is 1.44. The van der Waals surface area contributed by atoms with Crippen LogP contribution >= 0.6 is 0 Å². The van der Waals surface area contributed by atoms with E-state index in [2.05, 4.69) is 10.4 Å². The lowest BCUT2D eigenvalue weighted by Gasteiger charge is -2.26. The quantitative estimate of drug-likeness (QED) is 0.591. The molecule has 1 heterocycles. The number of nitro groups is 1. The van der Waals surface area contributed by atoms with Gasteiger partial charge in [-0.1, -0.05) is 13.8 Å². The number of anilines is 1. The predicted octanol–water partition coefficient (Wildman–Crippen LogP) is 2.51. The summed E-state index contributed by atoms with van der Waals surface area (Å²) >= 11 is 0.